The average molecular weight is 489 g/mol. The number of sulfone groups is 1. The third-order valence-corrected chi connectivity index (χ3v) is 7.74. The van der Waals surface area contributed by atoms with Gasteiger partial charge in [0.2, 0.25) is 0 Å². The van der Waals surface area contributed by atoms with Gasteiger partial charge in [-0.1, -0.05) is 35.9 Å². The molecule has 0 saturated heterocycles. The molecule has 0 spiro atoms. The van der Waals surface area contributed by atoms with Crippen molar-refractivity contribution >= 4 is 38.7 Å². The maximum atomic E-state index is 12.9. The highest BCUT2D eigenvalue weighted by Gasteiger charge is 2.26. The Hall–Kier alpha value is -2.19. The van der Waals surface area contributed by atoms with Crippen LogP contribution in [0.3, 0.4) is 0 Å². The molecule has 1 aliphatic rings. The Morgan fingerprint density at radius 2 is 1.97 bits per heavy atom. The zero-order valence-electron chi connectivity index (χ0n) is 17.8. The molecule has 8 heteroatoms. The van der Waals surface area contributed by atoms with Crippen LogP contribution in [0.2, 0.25) is 5.02 Å². The lowest BCUT2D eigenvalue weighted by Crippen LogP contribution is -2.40. The van der Waals surface area contributed by atoms with Gasteiger partial charge < -0.3 is 5.32 Å². The van der Waals surface area contributed by atoms with E-state index in [1.54, 1.807) is 35.6 Å². The fraction of sp³-hybridized carbons (Fsp3) is 0.292. The van der Waals surface area contributed by atoms with E-state index in [0.717, 1.165) is 25.1 Å². The predicted molar refractivity (Wildman–Crippen MR) is 130 cm³/mol. The maximum Gasteiger partial charge on any atom is 0.251 e. The summed E-state index contributed by atoms with van der Waals surface area (Å²) in [5.41, 5.74) is 3.51. The molecule has 0 fully saturated rings. The molecule has 32 heavy (non-hydrogen) atoms. The smallest absolute Gasteiger partial charge is 0.251 e. The molecule has 1 amide bonds. The van der Waals surface area contributed by atoms with Crippen molar-refractivity contribution in [2.45, 2.75) is 24.8 Å². The van der Waals surface area contributed by atoms with Crippen molar-refractivity contribution in [3.63, 3.8) is 0 Å². The second kappa shape index (κ2) is 9.75. The van der Waals surface area contributed by atoms with Gasteiger partial charge in [0.15, 0.2) is 9.84 Å². The zero-order valence-corrected chi connectivity index (χ0v) is 20.1. The molecule has 5 nitrogen and oxygen atoms in total. The molecule has 2 aromatic carbocycles. The Bertz CT molecular complexity index is 1210. The lowest BCUT2D eigenvalue weighted by atomic mass is 10.0. The minimum atomic E-state index is -3.17. The van der Waals surface area contributed by atoms with Gasteiger partial charge in [-0.05, 0) is 58.8 Å². The highest BCUT2D eigenvalue weighted by atomic mass is 35.5. The van der Waals surface area contributed by atoms with Gasteiger partial charge in [0.05, 0.1) is 11.8 Å². The molecule has 4 rings (SSSR count). The first-order valence-corrected chi connectivity index (χ1v) is 13.7. The third-order valence-electron chi connectivity index (χ3n) is 5.61. The number of nitrogens with one attached hydrogen (secondary N) is 1. The number of thiophene rings is 1. The summed E-state index contributed by atoms with van der Waals surface area (Å²) in [5.74, 6) is -0.300. The largest absolute Gasteiger partial charge is 0.350 e. The lowest BCUT2D eigenvalue weighted by molar-refractivity contribution is 0.0928. The Morgan fingerprint density at radius 3 is 2.72 bits per heavy atom. The standard InChI is InChI=1S/C24H25ClN2O3S2/c1-32(29,30)16-17-3-2-4-19(13-17)24(28)26-14-22(18-5-7-21(25)8-6-18)27-11-9-23-20(15-27)10-12-31-23/h2-8,10,12-13,22H,9,11,14-16H2,1H3,(H,26,28). The molecule has 1 atom stereocenters. The van der Waals surface area contributed by atoms with Crippen LogP contribution in [0.15, 0.2) is 60.0 Å². The Kier molecular flexibility index (Phi) is 7.00. The van der Waals surface area contributed by atoms with E-state index in [0.29, 0.717) is 22.7 Å². The topological polar surface area (TPSA) is 66.5 Å². The summed E-state index contributed by atoms with van der Waals surface area (Å²) in [5, 5.41) is 5.87. The van der Waals surface area contributed by atoms with E-state index >= 15 is 0 Å². The van der Waals surface area contributed by atoms with Crippen LogP contribution in [0, 0.1) is 0 Å². The van der Waals surface area contributed by atoms with Crippen LogP contribution in [-0.4, -0.2) is 38.6 Å². The highest BCUT2D eigenvalue weighted by Crippen LogP contribution is 2.30. The van der Waals surface area contributed by atoms with Crippen molar-refractivity contribution in [1.29, 1.82) is 0 Å². The van der Waals surface area contributed by atoms with Gasteiger partial charge in [-0.2, -0.15) is 0 Å². The van der Waals surface area contributed by atoms with E-state index in [1.165, 1.54) is 16.7 Å². The number of rotatable bonds is 7. The number of benzene rings is 2. The highest BCUT2D eigenvalue weighted by molar-refractivity contribution is 7.89. The Balaban J connectivity index is 1.51. The average Bonchev–Trinajstić information content (AvgIpc) is 3.22. The van der Waals surface area contributed by atoms with Gasteiger partial charge in [-0.25, -0.2) is 8.42 Å². The van der Waals surface area contributed by atoms with Crippen LogP contribution in [0.1, 0.15) is 38.0 Å². The normalized spacial score (nSPS) is 15.2. The minimum absolute atomic E-state index is 0.00321. The summed E-state index contributed by atoms with van der Waals surface area (Å²) in [4.78, 5) is 16.7. The van der Waals surface area contributed by atoms with Crippen molar-refractivity contribution in [3.8, 4) is 0 Å². The fourth-order valence-electron chi connectivity index (χ4n) is 4.08. The number of hydrogen-bond donors (Lipinski definition) is 1. The van der Waals surface area contributed by atoms with Gasteiger partial charge >= 0.3 is 0 Å². The first-order chi connectivity index (χ1) is 15.3. The van der Waals surface area contributed by atoms with E-state index in [-0.39, 0.29) is 17.7 Å². The number of carbonyl (C=O) groups excluding carboxylic acids is 1. The van der Waals surface area contributed by atoms with Crippen molar-refractivity contribution < 1.29 is 13.2 Å². The van der Waals surface area contributed by atoms with E-state index in [4.69, 9.17) is 11.6 Å². The molecule has 1 unspecified atom stereocenters. The van der Waals surface area contributed by atoms with Gasteiger partial charge in [-0.15, -0.1) is 11.3 Å². The Labute approximate surface area is 197 Å². The van der Waals surface area contributed by atoms with Crippen LogP contribution >= 0.6 is 22.9 Å². The van der Waals surface area contributed by atoms with Crippen LogP contribution in [0.5, 0.6) is 0 Å². The third kappa shape index (κ3) is 5.78. The summed E-state index contributed by atoms with van der Waals surface area (Å²) < 4.78 is 23.2. The second-order valence-electron chi connectivity index (χ2n) is 8.14. The molecular formula is C24H25ClN2O3S2. The molecular weight excluding hydrogens is 464 g/mol. The predicted octanol–water partition coefficient (Wildman–Crippen LogP) is 4.48. The fourth-order valence-corrected chi connectivity index (χ4v) is 5.88. The Morgan fingerprint density at radius 1 is 1.19 bits per heavy atom. The second-order valence-corrected chi connectivity index (χ2v) is 11.7. The van der Waals surface area contributed by atoms with Gasteiger partial charge in [0.25, 0.3) is 5.91 Å². The summed E-state index contributed by atoms with van der Waals surface area (Å²) in [6.07, 6.45) is 2.19. The number of hydrogen-bond acceptors (Lipinski definition) is 5. The molecule has 3 aromatic rings. The quantitative estimate of drug-likeness (QED) is 0.532. The zero-order chi connectivity index (χ0) is 22.7. The summed E-state index contributed by atoms with van der Waals surface area (Å²) in [6, 6.07) is 16.7. The molecule has 0 aliphatic carbocycles. The maximum absolute atomic E-state index is 12.9. The van der Waals surface area contributed by atoms with E-state index in [2.05, 4.69) is 21.7 Å². The van der Waals surface area contributed by atoms with Crippen molar-refractivity contribution in [2.75, 3.05) is 19.3 Å². The van der Waals surface area contributed by atoms with Crippen molar-refractivity contribution in [1.82, 2.24) is 10.2 Å². The molecule has 1 N–H and O–H groups in total. The van der Waals surface area contributed by atoms with Crippen LogP contribution in [0.4, 0.5) is 0 Å². The number of fused-ring (bicyclic) bond motifs is 1. The first-order valence-electron chi connectivity index (χ1n) is 10.4. The number of halogens is 1. The number of amides is 1. The van der Waals surface area contributed by atoms with E-state index in [9.17, 15) is 13.2 Å². The summed E-state index contributed by atoms with van der Waals surface area (Å²) in [7, 11) is -3.17. The summed E-state index contributed by atoms with van der Waals surface area (Å²) >= 11 is 7.90. The van der Waals surface area contributed by atoms with Crippen molar-refractivity contribution in [3.05, 3.63) is 92.1 Å². The van der Waals surface area contributed by atoms with Crippen LogP contribution in [-0.2, 0) is 28.6 Å². The minimum Gasteiger partial charge on any atom is -0.350 e. The lowest BCUT2D eigenvalue weighted by Gasteiger charge is -2.35. The van der Waals surface area contributed by atoms with E-state index in [1.807, 2.05) is 24.3 Å². The summed E-state index contributed by atoms with van der Waals surface area (Å²) in [6.45, 7) is 2.20. The van der Waals surface area contributed by atoms with Crippen molar-refractivity contribution in [2.24, 2.45) is 0 Å². The van der Waals surface area contributed by atoms with Gasteiger partial charge in [-0.3, -0.25) is 9.69 Å². The molecule has 0 bridgehead atoms. The van der Waals surface area contributed by atoms with Gasteiger partial charge in [0, 0.05) is 41.4 Å². The molecule has 0 radical (unpaired) electrons. The molecule has 1 aliphatic heterocycles. The molecule has 2 heterocycles. The molecule has 168 valence electrons. The van der Waals surface area contributed by atoms with Crippen LogP contribution in [0.25, 0.3) is 0 Å². The van der Waals surface area contributed by atoms with Gasteiger partial charge in [0.1, 0.15) is 0 Å². The number of carbonyl (C=O) groups is 1. The molecule has 0 saturated carbocycles. The first kappa shape index (κ1) is 23.0. The number of nitrogens with zero attached hydrogens (tertiary/aromatic N) is 1. The monoisotopic (exact) mass is 488 g/mol. The SMILES string of the molecule is CS(=O)(=O)Cc1cccc(C(=O)NCC(c2ccc(Cl)cc2)N2CCc3sccc3C2)c1. The van der Waals surface area contributed by atoms with E-state index < -0.39 is 9.84 Å². The molecule has 1 aromatic heterocycles. The van der Waals surface area contributed by atoms with Crippen LogP contribution < -0.4 is 5.32 Å².